The van der Waals surface area contributed by atoms with Gasteiger partial charge in [-0.2, -0.15) is 0 Å². The second-order valence-corrected chi connectivity index (χ2v) is 9.93. The zero-order valence-electron chi connectivity index (χ0n) is 21.3. The highest BCUT2D eigenvalue weighted by Gasteiger charge is 2.14. The molecular formula is C32H25Cl2N3O2. The van der Waals surface area contributed by atoms with Crippen molar-refractivity contribution in [1.82, 2.24) is 9.97 Å². The number of aromatic hydroxyl groups is 2. The lowest BCUT2D eigenvalue weighted by Gasteiger charge is -2.14. The van der Waals surface area contributed by atoms with Crippen molar-refractivity contribution < 1.29 is 10.2 Å². The fourth-order valence-electron chi connectivity index (χ4n) is 4.37. The number of phenolic OH excluding ortho intramolecular Hbond substituents is 2. The molecule has 0 fully saturated rings. The van der Waals surface area contributed by atoms with E-state index in [0.717, 1.165) is 27.6 Å². The molecule has 0 unspecified atom stereocenters. The fourth-order valence-corrected chi connectivity index (χ4v) is 4.89. The van der Waals surface area contributed by atoms with Crippen LogP contribution in [0.2, 0.25) is 10.0 Å². The number of phenols is 2. The molecule has 0 aliphatic carbocycles. The third-order valence-electron chi connectivity index (χ3n) is 6.41. The third kappa shape index (κ3) is 5.32. The molecule has 0 bridgehead atoms. The average molecular weight is 554 g/mol. The molecule has 0 radical (unpaired) electrons. The van der Waals surface area contributed by atoms with Crippen molar-refractivity contribution in [2.75, 3.05) is 19.0 Å². The van der Waals surface area contributed by atoms with E-state index in [1.165, 1.54) is 0 Å². The van der Waals surface area contributed by atoms with Gasteiger partial charge in [-0.15, -0.1) is 0 Å². The van der Waals surface area contributed by atoms with E-state index in [4.69, 9.17) is 23.2 Å². The fraction of sp³-hybridized carbons (Fsp3) is 0.0625. The molecular weight excluding hydrogens is 529 g/mol. The molecule has 194 valence electrons. The number of anilines is 1. The van der Waals surface area contributed by atoms with Gasteiger partial charge in [-0.05, 0) is 59.7 Å². The molecule has 6 aromatic rings. The topological polar surface area (TPSA) is 69.5 Å². The van der Waals surface area contributed by atoms with Crippen molar-refractivity contribution in [3.8, 4) is 33.8 Å². The minimum absolute atomic E-state index is 0.160. The number of pyridine rings is 2. The van der Waals surface area contributed by atoms with E-state index in [1.807, 2.05) is 85.7 Å². The van der Waals surface area contributed by atoms with Gasteiger partial charge in [0, 0.05) is 54.1 Å². The summed E-state index contributed by atoms with van der Waals surface area (Å²) < 4.78 is 0. The molecule has 0 amide bonds. The summed E-state index contributed by atoms with van der Waals surface area (Å²) in [5, 5.41) is 23.5. The second kappa shape index (κ2) is 11.2. The van der Waals surface area contributed by atoms with E-state index in [1.54, 1.807) is 36.7 Å². The van der Waals surface area contributed by atoms with Crippen molar-refractivity contribution >= 4 is 50.7 Å². The number of fused-ring (bicyclic) bond motifs is 2. The Morgan fingerprint density at radius 2 is 1.05 bits per heavy atom. The van der Waals surface area contributed by atoms with Crippen molar-refractivity contribution in [2.24, 2.45) is 0 Å². The second-order valence-electron chi connectivity index (χ2n) is 9.12. The molecule has 0 aliphatic heterocycles. The van der Waals surface area contributed by atoms with Gasteiger partial charge in [-0.3, -0.25) is 9.97 Å². The Kier molecular flexibility index (Phi) is 7.55. The van der Waals surface area contributed by atoms with E-state index in [-0.39, 0.29) is 11.5 Å². The summed E-state index contributed by atoms with van der Waals surface area (Å²) in [6, 6.07) is 28.4. The Morgan fingerprint density at radius 1 is 0.590 bits per heavy atom. The minimum Gasteiger partial charge on any atom is -0.505 e. The summed E-state index contributed by atoms with van der Waals surface area (Å²) in [7, 11) is 3.98. The van der Waals surface area contributed by atoms with Crippen molar-refractivity contribution in [3.63, 3.8) is 0 Å². The van der Waals surface area contributed by atoms with Crippen LogP contribution in [0.3, 0.4) is 0 Å². The predicted molar refractivity (Wildman–Crippen MR) is 162 cm³/mol. The minimum atomic E-state index is 0.160. The van der Waals surface area contributed by atoms with Gasteiger partial charge >= 0.3 is 0 Å². The Bertz CT molecular complexity index is 1770. The maximum atomic E-state index is 10.5. The standard InChI is InChI=1S/C17H15ClN2O.C15H10ClNO/c1-20(2)12-7-5-11(6-8-12)14-10-15(18)13-4-3-9-19-16(13)17(14)21;16-13-9-12(10-5-2-1-3-6-10)15(18)14-11(13)7-4-8-17-14/h3-10,21H,1-2H3;1-9,18H. The summed E-state index contributed by atoms with van der Waals surface area (Å²) >= 11 is 12.5. The van der Waals surface area contributed by atoms with Crippen LogP contribution in [0.5, 0.6) is 11.5 Å². The van der Waals surface area contributed by atoms with Crippen molar-refractivity contribution in [1.29, 1.82) is 0 Å². The van der Waals surface area contributed by atoms with Crippen molar-refractivity contribution in [3.05, 3.63) is 113 Å². The number of benzene rings is 4. The lowest BCUT2D eigenvalue weighted by atomic mass is 10.0. The molecule has 39 heavy (non-hydrogen) atoms. The molecule has 0 saturated heterocycles. The highest BCUT2D eigenvalue weighted by molar-refractivity contribution is 6.36. The SMILES string of the molecule is CN(C)c1ccc(-c2cc(Cl)c3cccnc3c2O)cc1.Oc1c(-c2ccccc2)cc(Cl)c2cccnc12. The van der Waals surface area contributed by atoms with Crippen LogP contribution in [0, 0.1) is 0 Å². The van der Waals surface area contributed by atoms with Gasteiger partial charge in [0.05, 0.1) is 10.0 Å². The molecule has 0 aliphatic rings. The first kappa shape index (κ1) is 26.3. The monoisotopic (exact) mass is 553 g/mol. The first-order chi connectivity index (χ1) is 18.8. The number of hydrogen-bond acceptors (Lipinski definition) is 5. The summed E-state index contributed by atoms with van der Waals surface area (Å²) in [5.74, 6) is 0.328. The molecule has 7 heteroatoms. The molecule has 4 aromatic carbocycles. The zero-order valence-corrected chi connectivity index (χ0v) is 22.8. The zero-order chi connectivity index (χ0) is 27.5. The van der Waals surface area contributed by atoms with Crippen LogP contribution in [-0.4, -0.2) is 34.3 Å². The number of hydrogen-bond donors (Lipinski definition) is 2. The Balaban J connectivity index is 0.000000160. The lowest BCUT2D eigenvalue weighted by molar-refractivity contribution is 0.482. The molecule has 2 aromatic heterocycles. The van der Waals surface area contributed by atoms with E-state index >= 15 is 0 Å². The molecule has 0 spiro atoms. The van der Waals surface area contributed by atoms with Crippen LogP contribution >= 0.6 is 23.2 Å². The Hall–Kier alpha value is -4.32. The molecule has 0 atom stereocenters. The number of halogens is 2. The van der Waals surface area contributed by atoms with Crippen molar-refractivity contribution in [2.45, 2.75) is 0 Å². The number of nitrogens with zero attached hydrogens (tertiary/aromatic N) is 3. The van der Waals surface area contributed by atoms with Crippen LogP contribution in [0.15, 0.2) is 103 Å². The maximum Gasteiger partial charge on any atom is 0.149 e. The Morgan fingerprint density at radius 3 is 1.51 bits per heavy atom. The van der Waals surface area contributed by atoms with Crippen LogP contribution in [0.1, 0.15) is 0 Å². The highest BCUT2D eigenvalue weighted by atomic mass is 35.5. The normalized spacial score (nSPS) is 10.8. The summed E-state index contributed by atoms with van der Waals surface area (Å²) in [6.07, 6.45) is 3.30. The van der Waals surface area contributed by atoms with Crippen LogP contribution in [0.4, 0.5) is 5.69 Å². The quantitative estimate of drug-likeness (QED) is 0.229. The smallest absolute Gasteiger partial charge is 0.149 e. The number of rotatable bonds is 3. The van der Waals surface area contributed by atoms with Gasteiger partial charge in [0.25, 0.3) is 0 Å². The third-order valence-corrected chi connectivity index (χ3v) is 7.04. The lowest BCUT2D eigenvalue weighted by Crippen LogP contribution is -2.07. The first-order valence-corrected chi connectivity index (χ1v) is 13.0. The Labute approximate surface area is 236 Å². The highest BCUT2D eigenvalue weighted by Crippen LogP contribution is 2.40. The predicted octanol–water partition coefficient (Wildman–Crippen LogP) is 8.59. The van der Waals surface area contributed by atoms with E-state index in [2.05, 4.69) is 9.97 Å². The van der Waals surface area contributed by atoms with Gasteiger partial charge in [0.1, 0.15) is 22.5 Å². The molecule has 2 heterocycles. The summed E-state index contributed by atoms with van der Waals surface area (Å²) in [5.41, 5.74) is 5.38. The average Bonchev–Trinajstić information content (AvgIpc) is 2.98. The van der Waals surface area contributed by atoms with Gasteiger partial charge in [0.15, 0.2) is 0 Å². The molecule has 0 saturated carbocycles. The molecule has 6 rings (SSSR count). The van der Waals surface area contributed by atoms with Crippen LogP contribution in [-0.2, 0) is 0 Å². The van der Waals surface area contributed by atoms with Gasteiger partial charge in [-0.25, -0.2) is 0 Å². The van der Waals surface area contributed by atoms with E-state index in [9.17, 15) is 10.2 Å². The molecule has 5 nitrogen and oxygen atoms in total. The maximum absolute atomic E-state index is 10.5. The molecule has 2 N–H and O–H groups in total. The summed E-state index contributed by atoms with van der Waals surface area (Å²) in [4.78, 5) is 10.5. The first-order valence-electron chi connectivity index (χ1n) is 12.2. The summed E-state index contributed by atoms with van der Waals surface area (Å²) in [6.45, 7) is 0. The largest absolute Gasteiger partial charge is 0.505 e. The number of aromatic nitrogens is 2. The van der Waals surface area contributed by atoms with Crippen LogP contribution < -0.4 is 4.90 Å². The van der Waals surface area contributed by atoms with Gasteiger partial charge in [0.2, 0.25) is 0 Å². The van der Waals surface area contributed by atoms with E-state index in [0.29, 0.717) is 32.2 Å². The van der Waals surface area contributed by atoms with Gasteiger partial charge in [-0.1, -0.05) is 65.7 Å². The van der Waals surface area contributed by atoms with Gasteiger partial charge < -0.3 is 15.1 Å². The van der Waals surface area contributed by atoms with E-state index < -0.39 is 0 Å². The van der Waals surface area contributed by atoms with Crippen LogP contribution in [0.25, 0.3) is 44.1 Å².